The second-order valence-corrected chi connectivity index (χ2v) is 7.13. The van der Waals surface area contributed by atoms with Gasteiger partial charge in [0, 0.05) is 22.7 Å². The molecule has 1 aliphatic heterocycles. The minimum atomic E-state index is -0.0107. The van der Waals surface area contributed by atoms with Crippen LogP contribution in [0.4, 0.5) is 0 Å². The Bertz CT molecular complexity index is 499. The van der Waals surface area contributed by atoms with Gasteiger partial charge < -0.3 is 10.6 Å². The number of carbonyl (C=O) groups is 1. The minimum Gasteiger partial charge on any atom is -0.338 e. The van der Waals surface area contributed by atoms with Crippen LogP contribution in [0.1, 0.15) is 36.2 Å². The van der Waals surface area contributed by atoms with Crippen LogP contribution in [0.5, 0.6) is 0 Å². The molecule has 2 rings (SSSR count). The first-order valence-electron chi connectivity index (χ1n) is 6.63. The number of rotatable bonds is 1. The van der Waals surface area contributed by atoms with E-state index in [4.69, 9.17) is 5.73 Å². The van der Waals surface area contributed by atoms with Crippen molar-refractivity contribution in [1.82, 2.24) is 4.90 Å². The van der Waals surface area contributed by atoms with E-state index >= 15 is 0 Å². The summed E-state index contributed by atoms with van der Waals surface area (Å²) in [6.07, 6.45) is 0.876. The molecule has 1 aliphatic rings. The number of piperidine rings is 1. The Balaban J connectivity index is 2.23. The van der Waals surface area contributed by atoms with Gasteiger partial charge in [0.1, 0.15) is 0 Å². The standard InChI is InChI=1S/C15H21IN2O/c1-10-5-4-6-11(13(10)16)14(19)18-8-7-12(17)15(2,3)9-18/h4-6,12H,7-9,17H2,1-3H3. The van der Waals surface area contributed by atoms with Crippen LogP contribution in [-0.2, 0) is 0 Å². The molecule has 0 aliphatic carbocycles. The lowest BCUT2D eigenvalue weighted by molar-refractivity contribution is 0.0532. The van der Waals surface area contributed by atoms with Gasteiger partial charge in [-0.3, -0.25) is 4.79 Å². The molecule has 1 saturated heterocycles. The van der Waals surface area contributed by atoms with E-state index in [0.717, 1.165) is 34.2 Å². The van der Waals surface area contributed by atoms with Crippen molar-refractivity contribution in [2.24, 2.45) is 11.1 Å². The van der Waals surface area contributed by atoms with E-state index in [0.29, 0.717) is 0 Å². The molecule has 104 valence electrons. The summed E-state index contributed by atoms with van der Waals surface area (Å²) in [5.74, 6) is 0.132. The third kappa shape index (κ3) is 2.94. The number of carbonyl (C=O) groups excluding carboxylic acids is 1. The maximum absolute atomic E-state index is 12.6. The highest BCUT2D eigenvalue weighted by atomic mass is 127. The predicted octanol–water partition coefficient (Wildman–Crippen LogP) is 2.80. The van der Waals surface area contributed by atoms with E-state index in [9.17, 15) is 4.79 Å². The summed E-state index contributed by atoms with van der Waals surface area (Å²) in [7, 11) is 0. The lowest BCUT2D eigenvalue weighted by atomic mass is 9.79. The van der Waals surface area contributed by atoms with Gasteiger partial charge >= 0.3 is 0 Å². The predicted molar refractivity (Wildman–Crippen MR) is 86.2 cm³/mol. The minimum absolute atomic E-state index is 0.0107. The first-order valence-corrected chi connectivity index (χ1v) is 7.71. The summed E-state index contributed by atoms with van der Waals surface area (Å²) in [6, 6.07) is 6.08. The van der Waals surface area contributed by atoms with E-state index in [1.165, 1.54) is 0 Å². The highest BCUT2D eigenvalue weighted by molar-refractivity contribution is 14.1. The number of amides is 1. The van der Waals surface area contributed by atoms with Gasteiger partial charge in [-0.15, -0.1) is 0 Å². The number of nitrogens with two attached hydrogens (primary N) is 1. The quantitative estimate of drug-likeness (QED) is 0.771. The molecule has 0 spiro atoms. The highest BCUT2D eigenvalue weighted by Crippen LogP contribution is 2.29. The van der Waals surface area contributed by atoms with Crippen LogP contribution in [0.2, 0.25) is 0 Å². The van der Waals surface area contributed by atoms with Crippen LogP contribution in [0.25, 0.3) is 0 Å². The van der Waals surface area contributed by atoms with Gasteiger partial charge in [0.15, 0.2) is 0 Å². The van der Waals surface area contributed by atoms with Gasteiger partial charge in [0.25, 0.3) is 5.91 Å². The molecule has 2 N–H and O–H groups in total. The molecule has 1 fully saturated rings. The molecule has 0 aromatic heterocycles. The summed E-state index contributed by atoms with van der Waals surface area (Å²) in [4.78, 5) is 14.6. The van der Waals surface area contributed by atoms with Crippen LogP contribution in [0.15, 0.2) is 18.2 Å². The number of likely N-dealkylation sites (tertiary alicyclic amines) is 1. The molecule has 1 heterocycles. The van der Waals surface area contributed by atoms with Crippen molar-refractivity contribution in [1.29, 1.82) is 0 Å². The van der Waals surface area contributed by atoms with Gasteiger partial charge in [0.05, 0.1) is 5.56 Å². The second-order valence-electron chi connectivity index (χ2n) is 6.05. The van der Waals surface area contributed by atoms with Crippen LogP contribution in [0, 0.1) is 15.9 Å². The van der Waals surface area contributed by atoms with E-state index in [-0.39, 0.29) is 17.4 Å². The summed E-state index contributed by atoms with van der Waals surface area (Å²) >= 11 is 2.26. The number of halogens is 1. The molecular weight excluding hydrogens is 351 g/mol. The largest absolute Gasteiger partial charge is 0.338 e. The van der Waals surface area contributed by atoms with E-state index < -0.39 is 0 Å². The molecule has 1 aromatic rings. The SMILES string of the molecule is Cc1cccc(C(=O)N2CCC(N)C(C)(C)C2)c1I. The molecule has 0 saturated carbocycles. The number of aryl methyl sites for hydroxylation is 1. The van der Waals surface area contributed by atoms with Crippen molar-refractivity contribution in [3.63, 3.8) is 0 Å². The maximum Gasteiger partial charge on any atom is 0.254 e. The zero-order chi connectivity index (χ0) is 14.2. The Morgan fingerprint density at radius 2 is 2.16 bits per heavy atom. The van der Waals surface area contributed by atoms with E-state index in [2.05, 4.69) is 36.4 Å². The summed E-state index contributed by atoms with van der Waals surface area (Å²) in [6.45, 7) is 7.80. The van der Waals surface area contributed by atoms with Crippen molar-refractivity contribution < 1.29 is 4.79 Å². The van der Waals surface area contributed by atoms with Crippen molar-refractivity contribution in [2.75, 3.05) is 13.1 Å². The fraction of sp³-hybridized carbons (Fsp3) is 0.533. The Morgan fingerprint density at radius 1 is 1.47 bits per heavy atom. The summed E-state index contributed by atoms with van der Waals surface area (Å²) < 4.78 is 1.05. The van der Waals surface area contributed by atoms with Gasteiger partial charge in [-0.25, -0.2) is 0 Å². The molecule has 1 aromatic carbocycles. The third-order valence-electron chi connectivity index (χ3n) is 4.02. The number of nitrogens with zero attached hydrogens (tertiary/aromatic N) is 1. The van der Waals surface area contributed by atoms with Crippen LogP contribution >= 0.6 is 22.6 Å². The Labute approximate surface area is 128 Å². The molecule has 19 heavy (non-hydrogen) atoms. The zero-order valence-electron chi connectivity index (χ0n) is 11.7. The van der Waals surface area contributed by atoms with E-state index in [1.54, 1.807) is 0 Å². The fourth-order valence-corrected chi connectivity index (χ4v) is 3.12. The maximum atomic E-state index is 12.6. The molecule has 3 nitrogen and oxygen atoms in total. The van der Waals surface area contributed by atoms with Crippen molar-refractivity contribution in [2.45, 2.75) is 33.2 Å². The van der Waals surface area contributed by atoms with Gasteiger partial charge in [-0.1, -0.05) is 26.0 Å². The van der Waals surface area contributed by atoms with Crippen LogP contribution in [0.3, 0.4) is 0 Å². The lowest BCUT2D eigenvalue weighted by Gasteiger charge is -2.42. The Morgan fingerprint density at radius 3 is 2.79 bits per heavy atom. The second kappa shape index (κ2) is 5.40. The lowest BCUT2D eigenvalue weighted by Crippen LogP contribution is -2.54. The average Bonchev–Trinajstić information content (AvgIpc) is 2.35. The highest BCUT2D eigenvalue weighted by Gasteiger charge is 2.35. The third-order valence-corrected chi connectivity index (χ3v) is 5.45. The zero-order valence-corrected chi connectivity index (χ0v) is 13.9. The summed E-state index contributed by atoms with van der Waals surface area (Å²) in [5, 5.41) is 0. The van der Waals surface area contributed by atoms with Crippen LogP contribution < -0.4 is 5.73 Å². The van der Waals surface area contributed by atoms with Gasteiger partial charge in [-0.05, 0) is 53.0 Å². The molecule has 0 radical (unpaired) electrons. The molecule has 4 heteroatoms. The van der Waals surface area contributed by atoms with Gasteiger partial charge in [-0.2, -0.15) is 0 Å². The first-order chi connectivity index (χ1) is 8.83. The smallest absolute Gasteiger partial charge is 0.254 e. The topological polar surface area (TPSA) is 46.3 Å². The summed E-state index contributed by atoms with van der Waals surface area (Å²) in [5.41, 5.74) is 8.08. The number of hydrogen-bond acceptors (Lipinski definition) is 2. The van der Waals surface area contributed by atoms with Crippen molar-refractivity contribution in [3.8, 4) is 0 Å². The average molecular weight is 372 g/mol. The number of benzene rings is 1. The first kappa shape index (κ1) is 14.8. The van der Waals surface area contributed by atoms with Gasteiger partial charge in [0.2, 0.25) is 0 Å². The molecule has 1 amide bonds. The van der Waals surface area contributed by atoms with E-state index in [1.807, 2.05) is 30.0 Å². The molecular formula is C15H21IN2O. The van der Waals surface area contributed by atoms with Crippen molar-refractivity contribution in [3.05, 3.63) is 32.9 Å². The Hall–Kier alpha value is -0.620. The fourth-order valence-electron chi connectivity index (χ4n) is 2.53. The van der Waals surface area contributed by atoms with Crippen LogP contribution in [-0.4, -0.2) is 29.9 Å². The Kier molecular flexibility index (Phi) is 4.20. The molecule has 0 bridgehead atoms. The molecule has 1 unspecified atom stereocenters. The molecule has 1 atom stereocenters. The monoisotopic (exact) mass is 372 g/mol. The van der Waals surface area contributed by atoms with Crippen molar-refractivity contribution >= 4 is 28.5 Å². The number of hydrogen-bond donors (Lipinski definition) is 1. The normalized spacial score (nSPS) is 22.4.